The number of rotatable bonds is 4. The molecule has 2 aromatic rings. The minimum atomic E-state index is -0.463. The van der Waals surface area contributed by atoms with Gasteiger partial charge in [-0.05, 0) is 30.3 Å². The zero-order valence-electron chi connectivity index (χ0n) is 10.9. The lowest BCUT2D eigenvalue weighted by atomic mass is 10.0. The molecular formula is C15H12ClFO3. The molecule has 0 N–H and O–H groups in total. The van der Waals surface area contributed by atoms with Crippen molar-refractivity contribution in [1.82, 2.24) is 0 Å². The maximum Gasteiger partial charge on any atom is 0.150 e. The van der Waals surface area contributed by atoms with Crippen LogP contribution >= 0.6 is 11.6 Å². The van der Waals surface area contributed by atoms with Crippen molar-refractivity contribution in [3.8, 4) is 22.6 Å². The molecule has 0 aromatic heterocycles. The number of carbonyl (C=O) groups excluding carboxylic acids is 1. The molecule has 0 radical (unpaired) electrons. The molecule has 0 spiro atoms. The normalized spacial score (nSPS) is 10.2. The smallest absolute Gasteiger partial charge is 0.150 e. The summed E-state index contributed by atoms with van der Waals surface area (Å²) in [6, 6.07) is 7.34. The largest absolute Gasteiger partial charge is 0.495 e. The summed E-state index contributed by atoms with van der Waals surface area (Å²) in [7, 11) is 2.92. The quantitative estimate of drug-likeness (QED) is 0.800. The van der Waals surface area contributed by atoms with E-state index in [1.807, 2.05) is 0 Å². The maximum absolute atomic E-state index is 14.0. The standard InChI is InChI=1S/C15H12ClFO3/c1-19-13-6-4-10(15(20-2)14(13)16)11-7-9(8-18)3-5-12(11)17/h3-8H,1-2H3. The zero-order chi connectivity index (χ0) is 14.7. The molecule has 0 heterocycles. The van der Waals surface area contributed by atoms with E-state index in [2.05, 4.69) is 0 Å². The molecule has 0 aliphatic carbocycles. The average molecular weight is 295 g/mol. The number of carbonyl (C=O) groups is 1. The van der Waals surface area contributed by atoms with Crippen molar-refractivity contribution in [2.24, 2.45) is 0 Å². The third kappa shape index (κ3) is 2.47. The molecule has 0 saturated carbocycles. The zero-order valence-corrected chi connectivity index (χ0v) is 11.7. The minimum absolute atomic E-state index is 0.246. The molecule has 0 bridgehead atoms. The van der Waals surface area contributed by atoms with Crippen LogP contribution in [0.1, 0.15) is 10.4 Å². The fourth-order valence-electron chi connectivity index (χ4n) is 1.93. The predicted molar refractivity (Wildman–Crippen MR) is 75.3 cm³/mol. The second-order valence-electron chi connectivity index (χ2n) is 4.02. The van der Waals surface area contributed by atoms with E-state index in [0.717, 1.165) is 0 Å². The monoisotopic (exact) mass is 294 g/mol. The van der Waals surface area contributed by atoms with Crippen LogP contribution in [0.2, 0.25) is 5.02 Å². The number of benzene rings is 2. The molecule has 0 amide bonds. The molecular weight excluding hydrogens is 283 g/mol. The maximum atomic E-state index is 14.0. The Hall–Kier alpha value is -2.07. The first kappa shape index (κ1) is 14.3. The Morgan fingerprint density at radius 2 is 1.85 bits per heavy atom. The first-order valence-electron chi connectivity index (χ1n) is 5.78. The van der Waals surface area contributed by atoms with Gasteiger partial charge in [-0.25, -0.2) is 4.39 Å². The summed E-state index contributed by atoms with van der Waals surface area (Å²) in [4.78, 5) is 10.8. The Labute approximate surface area is 120 Å². The third-order valence-corrected chi connectivity index (χ3v) is 3.26. The van der Waals surface area contributed by atoms with Gasteiger partial charge in [-0.1, -0.05) is 11.6 Å². The highest BCUT2D eigenvalue weighted by Crippen LogP contribution is 2.42. The molecule has 0 atom stereocenters. The fraction of sp³-hybridized carbons (Fsp3) is 0.133. The summed E-state index contributed by atoms with van der Waals surface area (Å²) in [5.41, 5.74) is 1.07. The summed E-state index contributed by atoms with van der Waals surface area (Å²) in [6.07, 6.45) is 0.653. The van der Waals surface area contributed by atoms with Gasteiger partial charge in [0.1, 0.15) is 28.6 Å². The molecule has 2 aromatic carbocycles. The summed E-state index contributed by atoms with van der Waals surface area (Å²) in [5, 5.41) is 0.253. The molecule has 20 heavy (non-hydrogen) atoms. The summed E-state index contributed by atoms with van der Waals surface area (Å²) in [5.74, 6) is 0.266. The van der Waals surface area contributed by atoms with Crippen LogP contribution in [0.5, 0.6) is 11.5 Å². The molecule has 0 saturated heterocycles. The van der Waals surface area contributed by atoms with Crippen LogP contribution in [0.4, 0.5) is 4.39 Å². The van der Waals surface area contributed by atoms with E-state index in [1.165, 1.54) is 32.4 Å². The summed E-state index contributed by atoms with van der Waals surface area (Å²) < 4.78 is 24.3. The molecule has 2 rings (SSSR count). The van der Waals surface area contributed by atoms with Gasteiger partial charge < -0.3 is 9.47 Å². The number of hydrogen-bond donors (Lipinski definition) is 0. The lowest BCUT2D eigenvalue weighted by Crippen LogP contribution is -1.95. The van der Waals surface area contributed by atoms with Crippen molar-refractivity contribution >= 4 is 17.9 Å². The molecule has 0 fully saturated rings. The van der Waals surface area contributed by atoms with Crippen LogP contribution < -0.4 is 9.47 Å². The Balaban J connectivity index is 2.69. The minimum Gasteiger partial charge on any atom is -0.495 e. The van der Waals surface area contributed by atoms with E-state index in [-0.39, 0.29) is 10.6 Å². The SMILES string of the molecule is COc1ccc(-c2cc(C=O)ccc2F)c(OC)c1Cl. The van der Waals surface area contributed by atoms with Crippen LogP contribution in [-0.4, -0.2) is 20.5 Å². The fourth-order valence-corrected chi connectivity index (χ4v) is 2.25. The van der Waals surface area contributed by atoms with E-state index >= 15 is 0 Å². The van der Waals surface area contributed by atoms with Gasteiger partial charge in [0, 0.05) is 16.7 Å². The average Bonchev–Trinajstić information content (AvgIpc) is 2.47. The third-order valence-electron chi connectivity index (χ3n) is 2.90. The van der Waals surface area contributed by atoms with Gasteiger partial charge in [0.25, 0.3) is 0 Å². The van der Waals surface area contributed by atoms with Gasteiger partial charge in [-0.15, -0.1) is 0 Å². The highest BCUT2D eigenvalue weighted by Gasteiger charge is 2.17. The number of ether oxygens (including phenoxy) is 2. The number of methoxy groups -OCH3 is 2. The molecule has 104 valence electrons. The summed E-state index contributed by atoms with van der Waals surface area (Å²) in [6.45, 7) is 0. The second-order valence-corrected chi connectivity index (χ2v) is 4.40. The van der Waals surface area contributed by atoms with Crippen molar-refractivity contribution in [2.75, 3.05) is 14.2 Å². The van der Waals surface area contributed by atoms with E-state index in [0.29, 0.717) is 28.9 Å². The molecule has 0 aliphatic rings. The first-order valence-corrected chi connectivity index (χ1v) is 6.15. The highest BCUT2D eigenvalue weighted by molar-refractivity contribution is 6.34. The Bertz CT molecular complexity index is 656. The van der Waals surface area contributed by atoms with Crippen LogP contribution in [0.25, 0.3) is 11.1 Å². The number of halogens is 2. The van der Waals surface area contributed by atoms with E-state index < -0.39 is 5.82 Å². The van der Waals surface area contributed by atoms with Crippen LogP contribution in [0.15, 0.2) is 30.3 Å². The van der Waals surface area contributed by atoms with Gasteiger partial charge in [0.2, 0.25) is 0 Å². The number of hydrogen-bond acceptors (Lipinski definition) is 3. The van der Waals surface area contributed by atoms with Gasteiger partial charge in [0.05, 0.1) is 14.2 Å². The molecule has 3 nitrogen and oxygen atoms in total. The molecule has 0 unspecified atom stereocenters. The van der Waals surface area contributed by atoms with Crippen molar-refractivity contribution in [3.63, 3.8) is 0 Å². The van der Waals surface area contributed by atoms with Crippen molar-refractivity contribution in [1.29, 1.82) is 0 Å². The van der Waals surface area contributed by atoms with E-state index in [1.54, 1.807) is 12.1 Å². The van der Waals surface area contributed by atoms with Crippen molar-refractivity contribution in [2.45, 2.75) is 0 Å². The Morgan fingerprint density at radius 1 is 1.10 bits per heavy atom. The molecule has 5 heteroatoms. The van der Waals surface area contributed by atoms with Crippen LogP contribution in [-0.2, 0) is 0 Å². The van der Waals surface area contributed by atoms with Crippen LogP contribution in [0.3, 0.4) is 0 Å². The second kappa shape index (κ2) is 5.92. The van der Waals surface area contributed by atoms with Crippen molar-refractivity contribution < 1.29 is 18.7 Å². The Kier molecular flexibility index (Phi) is 4.25. The Morgan fingerprint density at radius 3 is 2.45 bits per heavy atom. The van der Waals surface area contributed by atoms with E-state index in [4.69, 9.17) is 21.1 Å². The summed E-state index contributed by atoms with van der Waals surface area (Å²) >= 11 is 6.15. The highest BCUT2D eigenvalue weighted by atomic mass is 35.5. The van der Waals surface area contributed by atoms with Gasteiger partial charge in [-0.3, -0.25) is 4.79 Å². The lowest BCUT2D eigenvalue weighted by Gasteiger charge is -2.14. The first-order chi connectivity index (χ1) is 9.62. The van der Waals surface area contributed by atoms with Crippen molar-refractivity contribution in [3.05, 3.63) is 46.7 Å². The van der Waals surface area contributed by atoms with Gasteiger partial charge in [0.15, 0.2) is 0 Å². The molecule has 0 aliphatic heterocycles. The lowest BCUT2D eigenvalue weighted by molar-refractivity contribution is 0.112. The van der Waals surface area contributed by atoms with Gasteiger partial charge >= 0.3 is 0 Å². The van der Waals surface area contributed by atoms with Gasteiger partial charge in [-0.2, -0.15) is 0 Å². The number of aldehydes is 1. The topological polar surface area (TPSA) is 35.5 Å². The van der Waals surface area contributed by atoms with Crippen LogP contribution in [0, 0.1) is 5.82 Å². The predicted octanol–water partition coefficient (Wildman–Crippen LogP) is 3.98. The van der Waals surface area contributed by atoms with E-state index in [9.17, 15) is 9.18 Å².